The first-order valence-corrected chi connectivity index (χ1v) is 10.8. The second-order valence-corrected chi connectivity index (χ2v) is 8.33. The fourth-order valence-electron chi connectivity index (χ4n) is 3.70. The maximum Gasteiger partial charge on any atom is 0.286 e. The molecule has 7 heteroatoms. The molecular formula is C23H26N3O3S+. The van der Waals surface area contributed by atoms with E-state index in [0.717, 1.165) is 43.5 Å². The van der Waals surface area contributed by atoms with Gasteiger partial charge in [0.1, 0.15) is 6.54 Å². The molecule has 6 nitrogen and oxygen atoms in total. The quantitative estimate of drug-likeness (QED) is 0.745. The van der Waals surface area contributed by atoms with Crippen LogP contribution in [-0.2, 0) is 11.3 Å². The number of thioether (sulfide) groups is 1. The molecule has 4 rings (SSSR count). The molecule has 1 fully saturated rings. The molecule has 2 heterocycles. The Hall–Kier alpha value is -2.77. The van der Waals surface area contributed by atoms with Crippen molar-refractivity contribution in [3.8, 4) is 11.5 Å². The number of hydrogen-bond acceptors (Lipinski definition) is 5. The van der Waals surface area contributed by atoms with Crippen LogP contribution in [-0.4, -0.2) is 56.4 Å². The summed E-state index contributed by atoms with van der Waals surface area (Å²) >= 11 is 1.45. The summed E-state index contributed by atoms with van der Waals surface area (Å²) in [5.74, 6) is 1.13. The van der Waals surface area contributed by atoms with Gasteiger partial charge in [-0.25, -0.2) is 0 Å². The minimum Gasteiger partial charge on any atom is -0.493 e. The highest BCUT2D eigenvalue weighted by atomic mass is 32.2. The predicted octanol–water partition coefficient (Wildman–Crippen LogP) is 2.07. The minimum atomic E-state index is -0.177. The van der Waals surface area contributed by atoms with E-state index < -0.39 is 0 Å². The number of nitrogens with one attached hydrogen (secondary N) is 1. The second kappa shape index (κ2) is 9.36. The Morgan fingerprint density at radius 2 is 1.80 bits per heavy atom. The van der Waals surface area contributed by atoms with E-state index >= 15 is 0 Å². The van der Waals surface area contributed by atoms with E-state index in [0.29, 0.717) is 16.4 Å². The van der Waals surface area contributed by atoms with Crippen molar-refractivity contribution in [3.05, 3.63) is 64.6 Å². The summed E-state index contributed by atoms with van der Waals surface area (Å²) in [5, 5.41) is 0.811. The van der Waals surface area contributed by atoms with Crippen LogP contribution in [0.3, 0.4) is 0 Å². The first-order valence-electron chi connectivity index (χ1n) is 10.0. The van der Waals surface area contributed by atoms with Gasteiger partial charge in [-0.3, -0.25) is 4.79 Å². The van der Waals surface area contributed by atoms with Gasteiger partial charge in [0.25, 0.3) is 5.91 Å². The number of benzene rings is 2. The third-order valence-corrected chi connectivity index (χ3v) is 6.40. The zero-order chi connectivity index (χ0) is 20.9. The number of rotatable bonds is 5. The molecule has 2 aromatic carbocycles. The molecule has 0 atom stereocenters. The van der Waals surface area contributed by atoms with E-state index in [1.807, 2.05) is 24.3 Å². The number of quaternary nitrogens is 1. The standard InChI is InChI=1S/C23H25N3O3S/c1-28-19-9-8-18(14-20(19)29-2)15-21-22(27)24-23(30-21)26-12-10-25(11-13-26)16-17-6-4-3-5-7-17/h3-9,14-15H,10-13,16H2,1-2H3/p+1/b21-15-. The lowest BCUT2D eigenvalue weighted by Crippen LogP contribution is -3.13. The van der Waals surface area contributed by atoms with Gasteiger partial charge in [0, 0.05) is 5.56 Å². The fraction of sp³-hybridized carbons (Fsp3) is 0.304. The van der Waals surface area contributed by atoms with Crippen LogP contribution in [0.15, 0.2) is 58.4 Å². The van der Waals surface area contributed by atoms with E-state index in [4.69, 9.17) is 9.47 Å². The van der Waals surface area contributed by atoms with Gasteiger partial charge < -0.3 is 19.3 Å². The third-order valence-electron chi connectivity index (χ3n) is 5.35. The van der Waals surface area contributed by atoms with Crippen LogP contribution in [0.25, 0.3) is 6.08 Å². The third kappa shape index (κ3) is 4.68. The molecule has 0 spiro atoms. The molecule has 0 radical (unpaired) electrons. The first-order chi connectivity index (χ1) is 14.7. The number of nitrogens with zero attached hydrogens (tertiary/aromatic N) is 2. The molecule has 0 aromatic heterocycles. The van der Waals surface area contributed by atoms with Crippen LogP contribution < -0.4 is 14.4 Å². The van der Waals surface area contributed by atoms with Gasteiger partial charge in [-0.2, -0.15) is 4.99 Å². The average Bonchev–Trinajstić information content (AvgIpc) is 3.15. The van der Waals surface area contributed by atoms with E-state index in [1.165, 1.54) is 17.3 Å². The van der Waals surface area contributed by atoms with Gasteiger partial charge in [-0.15, -0.1) is 0 Å². The molecule has 2 aliphatic heterocycles. The summed E-state index contributed by atoms with van der Waals surface area (Å²) in [6.07, 6.45) is 1.86. The van der Waals surface area contributed by atoms with Crippen LogP contribution in [0.5, 0.6) is 11.5 Å². The Bertz CT molecular complexity index is 967. The summed E-state index contributed by atoms with van der Waals surface area (Å²) in [5.41, 5.74) is 2.25. The van der Waals surface area contributed by atoms with Gasteiger partial charge in [0.2, 0.25) is 0 Å². The van der Waals surface area contributed by atoms with Crippen molar-refractivity contribution < 1.29 is 19.2 Å². The molecule has 156 valence electrons. The molecule has 1 amide bonds. The van der Waals surface area contributed by atoms with Crippen molar-refractivity contribution in [1.29, 1.82) is 0 Å². The van der Waals surface area contributed by atoms with Crippen LogP contribution in [0.2, 0.25) is 0 Å². The topological polar surface area (TPSA) is 55.6 Å². The number of carbonyl (C=O) groups excluding carboxylic acids is 1. The lowest BCUT2D eigenvalue weighted by Gasteiger charge is -2.32. The summed E-state index contributed by atoms with van der Waals surface area (Å²) in [4.78, 5) is 21.2. The van der Waals surface area contributed by atoms with Gasteiger partial charge in [0.05, 0.1) is 45.3 Å². The highest BCUT2D eigenvalue weighted by Gasteiger charge is 2.29. The van der Waals surface area contributed by atoms with Crippen LogP contribution in [0, 0.1) is 0 Å². The van der Waals surface area contributed by atoms with Gasteiger partial charge in [-0.1, -0.05) is 36.4 Å². The summed E-state index contributed by atoms with van der Waals surface area (Å²) < 4.78 is 10.6. The summed E-state index contributed by atoms with van der Waals surface area (Å²) in [6, 6.07) is 16.2. The number of carbonyl (C=O) groups is 1. The van der Waals surface area contributed by atoms with Crippen molar-refractivity contribution >= 4 is 28.9 Å². The zero-order valence-electron chi connectivity index (χ0n) is 17.3. The molecule has 0 bridgehead atoms. The Morgan fingerprint density at radius 1 is 1.07 bits per heavy atom. The minimum absolute atomic E-state index is 0.177. The van der Waals surface area contributed by atoms with Crippen LogP contribution in [0.1, 0.15) is 11.1 Å². The Labute approximate surface area is 181 Å². The van der Waals surface area contributed by atoms with Gasteiger partial charge in [-0.05, 0) is 35.5 Å². The summed E-state index contributed by atoms with van der Waals surface area (Å²) in [7, 11) is 3.21. The van der Waals surface area contributed by atoms with Crippen molar-refractivity contribution in [2.45, 2.75) is 6.54 Å². The molecule has 2 aromatic rings. The molecule has 0 saturated carbocycles. The lowest BCUT2D eigenvalue weighted by molar-refractivity contribution is -0.917. The van der Waals surface area contributed by atoms with E-state index in [9.17, 15) is 4.79 Å². The number of amides is 1. The van der Waals surface area contributed by atoms with Crippen molar-refractivity contribution in [3.63, 3.8) is 0 Å². The first kappa shape index (κ1) is 20.5. The van der Waals surface area contributed by atoms with Crippen molar-refractivity contribution in [2.75, 3.05) is 40.4 Å². The second-order valence-electron chi connectivity index (χ2n) is 7.32. The monoisotopic (exact) mass is 424 g/mol. The van der Waals surface area contributed by atoms with Crippen molar-refractivity contribution in [1.82, 2.24) is 4.90 Å². The maximum atomic E-state index is 12.5. The largest absolute Gasteiger partial charge is 0.493 e. The molecular weight excluding hydrogens is 398 g/mol. The normalized spacial score (nSPS) is 18.6. The van der Waals surface area contributed by atoms with E-state index in [2.05, 4.69) is 40.2 Å². The van der Waals surface area contributed by atoms with Crippen LogP contribution >= 0.6 is 11.8 Å². The summed E-state index contributed by atoms with van der Waals surface area (Å²) in [6.45, 7) is 4.93. The van der Waals surface area contributed by atoms with Gasteiger partial charge >= 0.3 is 0 Å². The highest BCUT2D eigenvalue weighted by molar-refractivity contribution is 8.18. The van der Waals surface area contributed by atoms with Gasteiger partial charge in [0.15, 0.2) is 16.7 Å². The SMILES string of the molecule is COc1ccc(/C=C2\SC(N3CC[NH+](Cc4ccccc4)CC3)=NC2=O)cc1OC. The zero-order valence-corrected chi connectivity index (χ0v) is 18.1. The maximum absolute atomic E-state index is 12.5. The number of amidine groups is 1. The molecule has 30 heavy (non-hydrogen) atoms. The molecule has 1 N–H and O–H groups in total. The van der Waals surface area contributed by atoms with E-state index in [-0.39, 0.29) is 5.91 Å². The number of aliphatic imine (C=N–C) groups is 1. The fourth-order valence-corrected chi connectivity index (χ4v) is 4.67. The highest BCUT2D eigenvalue weighted by Crippen LogP contribution is 2.33. The smallest absolute Gasteiger partial charge is 0.286 e. The molecule has 2 aliphatic rings. The lowest BCUT2D eigenvalue weighted by atomic mass is 10.2. The molecule has 0 unspecified atom stereocenters. The number of piperazine rings is 1. The number of ether oxygens (including phenoxy) is 2. The van der Waals surface area contributed by atoms with E-state index in [1.54, 1.807) is 19.1 Å². The Kier molecular flexibility index (Phi) is 6.40. The molecule has 1 saturated heterocycles. The number of hydrogen-bond donors (Lipinski definition) is 1. The number of methoxy groups -OCH3 is 2. The molecule has 0 aliphatic carbocycles. The van der Waals surface area contributed by atoms with Crippen molar-refractivity contribution in [2.24, 2.45) is 4.99 Å². The van der Waals surface area contributed by atoms with Crippen LogP contribution in [0.4, 0.5) is 0 Å². The average molecular weight is 425 g/mol. The Balaban J connectivity index is 1.37. The Morgan fingerprint density at radius 3 is 2.50 bits per heavy atom. The predicted molar refractivity (Wildman–Crippen MR) is 120 cm³/mol.